The van der Waals surface area contributed by atoms with Crippen LogP contribution in [0.25, 0.3) is 10.9 Å². The van der Waals surface area contributed by atoms with Gasteiger partial charge in [0.1, 0.15) is 0 Å². The van der Waals surface area contributed by atoms with E-state index < -0.39 is 0 Å². The lowest BCUT2D eigenvalue weighted by Crippen LogP contribution is -2.20. The van der Waals surface area contributed by atoms with Gasteiger partial charge in [-0.3, -0.25) is 4.79 Å². The smallest absolute Gasteiger partial charge is 0.244 e. The van der Waals surface area contributed by atoms with Crippen molar-refractivity contribution in [1.29, 1.82) is 0 Å². The second-order valence-corrected chi connectivity index (χ2v) is 5.37. The van der Waals surface area contributed by atoms with E-state index in [2.05, 4.69) is 32.6 Å². The van der Waals surface area contributed by atoms with E-state index in [0.717, 1.165) is 27.9 Å². The highest BCUT2D eigenvalue weighted by atomic mass is 16.2. The van der Waals surface area contributed by atoms with E-state index in [1.54, 1.807) is 12.4 Å². The van der Waals surface area contributed by atoms with Gasteiger partial charge in [0.15, 0.2) is 0 Å². The van der Waals surface area contributed by atoms with Crippen LogP contribution in [-0.2, 0) is 11.2 Å². The average Bonchev–Trinajstić information content (AvgIpc) is 3.09. The molecule has 0 unspecified atom stereocenters. The van der Waals surface area contributed by atoms with Crippen molar-refractivity contribution < 1.29 is 4.79 Å². The highest BCUT2D eigenvalue weighted by Crippen LogP contribution is 2.23. The number of aromatic nitrogens is 2. The topological polar surface area (TPSA) is 73.0 Å². The molecule has 22 heavy (non-hydrogen) atoms. The third kappa shape index (κ3) is 2.93. The molecule has 0 fully saturated rings. The molecule has 5 heteroatoms. The number of aryl methyl sites for hydroxylation is 2. The van der Waals surface area contributed by atoms with Gasteiger partial charge in [-0.05, 0) is 43.7 Å². The van der Waals surface area contributed by atoms with E-state index in [-0.39, 0.29) is 5.91 Å². The van der Waals surface area contributed by atoms with Crippen molar-refractivity contribution in [3.8, 4) is 0 Å². The van der Waals surface area contributed by atoms with Gasteiger partial charge in [0.2, 0.25) is 5.91 Å². The molecule has 2 aromatic heterocycles. The Morgan fingerprint density at radius 3 is 2.95 bits per heavy atom. The Morgan fingerprint density at radius 1 is 1.32 bits per heavy atom. The van der Waals surface area contributed by atoms with E-state index in [0.29, 0.717) is 6.42 Å². The maximum atomic E-state index is 12.1. The number of aromatic amines is 2. The fraction of sp³-hybridized carbons (Fsp3) is 0.176. The molecule has 0 aliphatic heterocycles. The molecule has 112 valence electrons. The summed E-state index contributed by atoms with van der Waals surface area (Å²) in [4.78, 5) is 18.4. The predicted octanol–water partition coefficient (Wildman–Crippen LogP) is 2.81. The Balaban J connectivity index is 1.74. The molecule has 1 amide bonds. The van der Waals surface area contributed by atoms with Crippen molar-refractivity contribution in [3.63, 3.8) is 0 Å². The summed E-state index contributed by atoms with van der Waals surface area (Å²) in [5.74, 6) is -0.131. The summed E-state index contributed by atoms with van der Waals surface area (Å²) in [6.45, 7) is 4.03. The number of hydrazone groups is 1. The molecule has 3 rings (SSSR count). The van der Waals surface area contributed by atoms with Crippen molar-refractivity contribution >= 4 is 23.0 Å². The zero-order valence-electron chi connectivity index (χ0n) is 12.6. The first kappa shape index (κ1) is 14.1. The first-order chi connectivity index (χ1) is 10.6. The average molecular weight is 294 g/mol. The van der Waals surface area contributed by atoms with E-state index in [1.807, 2.05) is 32.0 Å². The minimum Gasteiger partial charge on any atom is -0.360 e. The van der Waals surface area contributed by atoms with Crippen LogP contribution in [0.2, 0.25) is 0 Å². The number of rotatable bonds is 4. The Morgan fingerprint density at radius 2 is 2.18 bits per heavy atom. The first-order valence-electron chi connectivity index (χ1n) is 7.16. The van der Waals surface area contributed by atoms with E-state index in [9.17, 15) is 4.79 Å². The van der Waals surface area contributed by atoms with Crippen LogP contribution in [0, 0.1) is 13.8 Å². The fourth-order valence-corrected chi connectivity index (χ4v) is 2.52. The number of carbonyl (C=O) groups excluding carboxylic acids is 1. The van der Waals surface area contributed by atoms with Crippen LogP contribution >= 0.6 is 0 Å². The third-order valence-corrected chi connectivity index (χ3v) is 3.63. The number of H-pyrrole nitrogens is 2. The standard InChI is InChI=1S/C17H18N4O/c1-11-5-6-16-15(8-11)14(12(2)20-16)9-17(22)21-19-10-13-4-3-7-18-13/h3-8,10,18,20H,9H2,1-2H3,(H,21,22)/b19-10+. The molecule has 0 bridgehead atoms. The summed E-state index contributed by atoms with van der Waals surface area (Å²) in [6.07, 6.45) is 3.70. The molecule has 0 saturated carbocycles. The number of benzene rings is 1. The first-order valence-corrected chi connectivity index (χ1v) is 7.16. The molecule has 3 aromatic rings. The lowest BCUT2D eigenvalue weighted by Gasteiger charge is -2.01. The lowest BCUT2D eigenvalue weighted by molar-refractivity contribution is -0.120. The van der Waals surface area contributed by atoms with Gasteiger partial charge in [-0.15, -0.1) is 0 Å². The van der Waals surface area contributed by atoms with Gasteiger partial charge in [0, 0.05) is 22.8 Å². The Kier molecular flexibility index (Phi) is 3.78. The monoisotopic (exact) mass is 294 g/mol. The van der Waals surface area contributed by atoms with Crippen LogP contribution in [0.15, 0.2) is 41.6 Å². The zero-order chi connectivity index (χ0) is 15.5. The van der Waals surface area contributed by atoms with Crippen LogP contribution in [0.3, 0.4) is 0 Å². The summed E-state index contributed by atoms with van der Waals surface area (Å²) in [5.41, 5.74) is 7.68. The molecule has 2 heterocycles. The van der Waals surface area contributed by atoms with Crippen LogP contribution in [0.5, 0.6) is 0 Å². The van der Waals surface area contributed by atoms with Gasteiger partial charge in [0.25, 0.3) is 0 Å². The highest BCUT2D eigenvalue weighted by molar-refractivity contribution is 5.90. The van der Waals surface area contributed by atoms with E-state index in [4.69, 9.17) is 0 Å². The molecule has 5 nitrogen and oxygen atoms in total. The normalized spacial score (nSPS) is 11.4. The number of nitrogens with one attached hydrogen (secondary N) is 3. The van der Waals surface area contributed by atoms with Gasteiger partial charge in [-0.1, -0.05) is 11.6 Å². The Bertz CT molecular complexity index is 828. The molecule has 0 radical (unpaired) electrons. The van der Waals surface area contributed by atoms with Gasteiger partial charge < -0.3 is 9.97 Å². The molecule has 0 aliphatic rings. The minimum atomic E-state index is -0.131. The molecule has 0 atom stereocenters. The van der Waals surface area contributed by atoms with Gasteiger partial charge in [-0.25, -0.2) is 5.43 Å². The number of carbonyl (C=O) groups is 1. The molecule has 0 saturated heterocycles. The number of amides is 1. The van der Waals surface area contributed by atoms with Crippen LogP contribution < -0.4 is 5.43 Å². The summed E-state index contributed by atoms with van der Waals surface area (Å²) >= 11 is 0. The zero-order valence-corrected chi connectivity index (χ0v) is 12.6. The van der Waals surface area contributed by atoms with E-state index >= 15 is 0 Å². The molecular weight excluding hydrogens is 276 g/mol. The SMILES string of the molecule is Cc1ccc2[nH]c(C)c(CC(=O)N/N=C/c3ccc[nH]3)c2c1. The van der Waals surface area contributed by atoms with Crippen molar-refractivity contribution in [1.82, 2.24) is 15.4 Å². The Labute approximate surface area is 128 Å². The second-order valence-electron chi connectivity index (χ2n) is 5.37. The van der Waals surface area contributed by atoms with Crippen LogP contribution in [-0.4, -0.2) is 22.1 Å². The second kappa shape index (κ2) is 5.89. The van der Waals surface area contributed by atoms with Crippen molar-refractivity contribution in [2.24, 2.45) is 5.10 Å². The number of nitrogens with zero attached hydrogens (tertiary/aromatic N) is 1. The van der Waals surface area contributed by atoms with Crippen molar-refractivity contribution in [3.05, 3.63) is 59.0 Å². The molecule has 1 aromatic carbocycles. The maximum absolute atomic E-state index is 12.1. The van der Waals surface area contributed by atoms with Crippen molar-refractivity contribution in [2.75, 3.05) is 0 Å². The molecule has 3 N–H and O–H groups in total. The number of hydrogen-bond donors (Lipinski definition) is 3. The largest absolute Gasteiger partial charge is 0.360 e. The number of hydrogen-bond acceptors (Lipinski definition) is 2. The predicted molar refractivity (Wildman–Crippen MR) is 88.0 cm³/mol. The molecule has 0 spiro atoms. The van der Waals surface area contributed by atoms with Crippen molar-refractivity contribution in [2.45, 2.75) is 20.3 Å². The molecular formula is C17H18N4O. The molecule has 0 aliphatic carbocycles. The van der Waals surface area contributed by atoms with Gasteiger partial charge in [0.05, 0.1) is 18.3 Å². The number of fused-ring (bicyclic) bond motifs is 1. The van der Waals surface area contributed by atoms with Crippen LogP contribution in [0.4, 0.5) is 0 Å². The van der Waals surface area contributed by atoms with E-state index in [1.165, 1.54) is 5.56 Å². The minimum absolute atomic E-state index is 0.131. The summed E-state index contributed by atoms with van der Waals surface area (Å²) in [5, 5.41) is 5.05. The Hall–Kier alpha value is -2.82. The lowest BCUT2D eigenvalue weighted by atomic mass is 10.1. The quantitative estimate of drug-likeness (QED) is 0.502. The third-order valence-electron chi connectivity index (χ3n) is 3.63. The summed E-state index contributed by atoms with van der Waals surface area (Å²) in [7, 11) is 0. The maximum Gasteiger partial charge on any atom is 0.244 e. The fourth-order valence-electron chi connectivity index (χ4n) is 2.52. The van der Waals surface area contributed by atoms with Gasteiger partial charge >= 0.3 is 0 Å². The highest BCUT2D eigenvalue weighted by Gasteiger charge is 2.12. The summed E-state index contributed by atoms with van der Waals surface area (Å²) < 4.78 is 0. The van der Waals surface area contributed by atoms with Gasteiger partial charge in [-0.2, -0.15) is 5.10 Å². The van der Waals surface area contributed by atoms with Crippen LogP contribution in [0.1, 0.15) is 22.5 Å². The summed E-state index contributed by atoms with van der Waals surface area (Å²) in [6, 6.07) is 9.96.